The van der Waals surface area contributed by atoms with E-state index in [1.54, 1.807) is 0 Å². The molecule has 0 aromatic rings. The fourth-order valence-electron chi connectivity index (χ4n) is 6.69. The van der Waals surface area contributed by atoms with Crippen LogP contribution in [0.2, 0.25) is 0 Å². The van der Waals surface area contributed by atoms with Gasteiger partial charge in [0.15, 0.2) is 5.78 Å². The highest BCUT2D eigenvalue weighted by Gasteiger charge is 2.68. The van der Waals surface area contributed by atoms with E-state index >= 15 is 0 Å². The zero-order valence-electron chi connectivity index (χ0n) is 13.9. The lowest BCUT2D eigenvalue weighted by Crippen LogP contribution is -2.53. The van der Waals surface area contributed by atoms with Gasteiger partial charge in [0, 0.05) is 17.3 Å². The first kappa shape index (κ1) is 14.2. The van der Waals surface area contributed by atoms with Crippen molar-refractivity contribution in [3.8, 4) is 0 Å². The van der Waals surface area contributed by atoms with E-state index in [2.05, 4.69) is 20.4 Å². The van der Waals surface area contributed by atoms with Crippen LogP contribution in [0.15, 0.2) is 23.8 Å². The summed E-state index contributed by atoms with van der Waals surface area (Å²) in [5.41, 5.74) is 2.06. The molecule has 0 spiro atoms. The van der Waals surface area contributed by atoms with Gasteiger partial charge in [-0.15, -0.1) is 0 Å². The summed E-state index contributed by atoms with van der Waals surface area (Å²) in [7, 11) is 0. The van der Waals surface area contributed by atoms with Crippen LogP contribution in [0, 0.1) is 28.6 Å². The third-order valence-electron chi connectivity index (χ3n) is 8.01. The van der Waals surface area contributed by atoms with Crippen LogP contribution in [0.25, 0.3) is 0 Å². The van der Waals surface area contributed by atoms with Gasteiger partial charge in [-0.25, -0.2) is 0 Å². The van der Waals surface area contributed by atoms with E-state index < -0.39 is 0 Å². The van der Waals surface area contributed by atoms with Crippen molar-refractivity contribution in [2.75, 3.05) is 0 Å². The molecule has 3 saturated carbocycles. The number of Topliss-reactive ketones (excluding diaryl/α,β-unsaturated/α-hetero) is 1. The van der Waals surface area contributed by atoms with E-state index in [9.17, 15) is 9.59 Å². The van der Waals surface area contributed by atoms with Crippen LogP contribution < -0.4 is 0 Å². The summed E-state index contributed by atoms with van der Waals surface area (Å²) in [6.07, 6.45) is 6.45. The molecule has 0 bridgehead atoms. The monoisotopic (exact) mass is 312 g/mol. The average Bonchev–Trinajstić information content (AvgIpc) is 3.26. The van der Waals surface area contributed by atoms with Gasteiger partial charge in [-0.3, -0.25) is 9.59 Å². The minimum atomic E-state index is -0.214. The molecule has 5 rings (SSSR count). The molecule has 0 aromatic heterocycles. The van der Waals surface area contributed by atoms with Crippen LogP contribution in [0.5, 0.6) is 0 Å². The summed E-state index contributed by atoms with van der Waals surface area (Å²) < 4.78 is 5.81. The van der Waals surface area contributed by atoms with Crippen LogP contribution in [0.3, 0.4) is 0 Å². The van der Waals surface area contributed by atoms with Gasteiger partial charge in [-0.2, -0.15) is 0 Å². The Morgan fingerprint density at radius 2 is 2.00 bits per heavy atom. The van der Waals surface area contributed by atoms with Crippen molar-refractivity contribution in [3.63, 3.8) is 0 Å². The number of fused-ring (bicyclic) bond motifs is 7. The number of allylic oxidation sites excluding steroid dienone is 1. The van der Waals surface area contributed by atoms with Gasteiger partial charge in [0.05, 0.1) is 0 Å². The summed E-state index contributed by atoms with van der Waals surface area (Å²) in [4.78, 5) is 24.6. The maximum absolute atomic E-state index is 12.5. The van der Waals surface area contributed by atoms with E-state index in [0.29, 0.717) is 23.5 Å². The van der Waals surface area contributed by atoms with E-state index in [1.807, 2.05) is 6.08 Å². The molecular formula is C20H24O3. The second-order valence-corrected chi connectivity index (χ2v) is 8.82. The van der Waals surface area contributed by atoms with Crippen molar-refractivity contribution in [2.45, 2.75) is 58.2 Å². The first-order valence-corrected chi connectivity index (χ1v) is 9.00. The summed E-state index contributed by atoms with van der Waals surface area (Å²) in [6.45, 7) is 8.80. The van der Waals surface area contributed by atoms with Crippen LogP contribution in [0.1, 0.15) is 46.0 Å². The second kappa shape index (κ2) is 4.05. The van der Waals surface area contributed by atoms with E-state index in [0.717, 1.165) is 43.3 Å². The van der Waals surface area contributed by atoms with Crippen molar-refractivity contribution in [1.29, 1.82) is 0 Å². The third-order valence-corrected chi connectivity index (χ3v) is 8.01. The number of carbonyl (C=O) groups excluding carboxylic acids is 2. The molecule has 122 valence electrons. The fraction of sp³-hybridized carbons (Fsp3) is 0.700. The highest BCUT2D eigenvalue weighted by molar-refractivity contribution is 5.99. The predicted molar refractivity (Wildman–Crippen MR) is 85.7 cm³/mol. The minimum Gasteiger partial charge on any atom is -0.360 e. The topological polar surface area (TPSA) is 46.7 Å². The Morgan fingerprint density at radius 1 is 1.22 bits per heavy atom. The quantitative estimate of drug-likeness (QED) is 0.645. The van der Waals surface area contributed by atoms with Crippen LogP contribution in [0.4, 0.5) is 0 Å². The molecule has 5 aliphatic rings. The summed E-state index contributed by atoms with van der Waals surface area (Å²) in [5, 5.41) is 0. The predicted octanol–water partition coefficient (Wildman–Crippen LogP) is 3.24. The molecular weight excluding hydrogens is 288 g/mol. The molecule has 4 aliphatic carbocycles. The highest BCUT2D eigenvalue weighted by Crippen LogP contribution is 2.67. The smallest absolute Gasteiger partial charge is 0.187 e. The number of ether oxygens (including phenoxy) is 1. The van der Waals surface area contributed by atoms with Crippen LogP contribution >= 0.6 is 0 Å². The second-order valence-electron chi connectivity index (χ2n) is 8.82. The molecule has 1 heterocycles. The van der Waals surface area contributed by atoms with E-state index in [1.165, 1.54) is 0 Å². The maximum Gasteiger partial charge on any atom is 0.187 e. The van der Waals surface area contributed by atoms with Gasteiger partial charge < -0.3 is 4.74 Å². The Morgan fingerprint density at radius 3 is 2.78 bits per heavy atom. The highest BCUT2D eigenvalue weighted by atomic mass is 16.6. The first-order chi connectivity index (χ1) is 10.9. The van der Waals surface area contributed by atoms with Crippen molar-refractivity contribution in [1.82, 2.24) is 0 Å². The fourth-order valence-corrected chi connectivity index (χ4v) is 6.69. The molecule has 4 fully saturated rings. The zero-order valence-corrected chi connectivity index (χ0v) is 13.9. The van der Waals surface area contributed by atoms with Crippen molar-refractivity contribution >= 4 is 11.6 Å². The molecule has 3 nitrogen and oxygen atoms in total. The third kappa shape index (κ3) is 1.51. The standard InChI is InChI=1S/C20H24O3/c1-10-8-11-12-4-5-16(22)19(12,2)7-6-13(11)20(3)14(10)9-15(21)17-18(20)23-17/h9,11-13,17-18H,1,4-8H2,2-3H3/t11-,12-,13-,17-,18?,19-,20+/m0/s1. The summed E-state index contributed by atoms with van der Waals surface area (Å²) >= 11 is 0. The lowest BCUT2D eigenvalue weighted by Gasteiger charge is -2.56. The number of carbonyl (C=O) groups is 2. The molecule has 7 atom stereocenters. The van der Waals surface area contributed by atoms with Gasteiger partial charge in [0.2, 0.25) is 0 Å². The Kier molecular flexibility index (Phi) is 2.49. The van der Waals surface area contributed by atoms with Crippen molar-refractivity contribution < 1.29 is 14.3 Å². The SMILES string of the molecule is C=C1C[C@H]2[C@@H]3CCC(=O)[C@@]3(C)CC[C@@H]2[C@]2(C)C1=CC(=O)[C@@H]1OC12. The average molecular weight is 312 g/mol. The maximum atomic E-state index is 12.5. The largest absolute Gasteiger partial charge is 0.360 e. The molecule has 0 aromatic carbocycles. The molecule has 0 radical (unpaired) electrons. The Labute approximate surface area is 137 Å². The number of hydrogen-bond acceptors (Lipinski definition) is 3. The van der Waals surface area contributed by atoms with Gasteiger partial charge in [-0.1, -0.05) is 26.0 Å². The van der Waals surface area contributed by atoms with Gasteiger partial charge in [-0.05, 0) is 55.1 Å². The van der Waals surface area contributed by atoms with Crippen molar-refractivity contribution in [3.05, 3.63) is 23.8 Å². The lowest BCUT2D eigenvalue weighted by atomic mass is 9.46. The van der Waals surface area contributed by atoms with E-state index in [4.69, 9.17) is 4.74 Å². The minimum absolute atomic E-state index is 0.0426. The molecule has 23 heavy (non-hydrogen) atoms. The first-order valence-electron chi connectivity index (χ1n) is 9.00. The normalized spacial score (nSPS) is 53.9. The Balaban J connectivity index is 1.60. The number of ketones is 2. The molecule has 0 N–H and O–H groups in total. The summed E-state index contributed by atoms with van der Waals surface area (Å²) in [6, 6.07) is 0. The lowest BCUT2D eigenvalue weighted by molar-refractivity contribution is -0.131. The van der Waals surface area contributed by atoms with Gasteiger partial charge in [0.25, 0.3) is 0 Å². The molecule has 0 amide bonds. The van der Waals surface area contributed by atoms with Gasteiger partial charge >= 0.3 is 0 Å². The number of epoxide rings is 1. The number of rotatable bonds is 0. The molecule has 1 aliphatic heterocycles. The van der Waals surface area contributed by atoms with Crippen molar-refractivity contribution in [2.24, 2.45) is 28.6 Å². The molecule has 1 unspecified atom stereocenters. The van der Waals surface area contributed by atoms with Crippen LogP contribution in [-0.4, -0.2) is 23.8 Å². The van der Waals surface area contributed by atoms with Crippen LogP contribution in [-0.2, 0) is 14.3 Å². The van der Waals surface area contributed by atoms with E-state index in [-0.39, 0.29) is 28.8 Å². The van der Waals surface area contributed by atoms with Gasteiger partial charge in [0.1, 0.15) is 18.0 Å². The molecule has 1 saturated heterocycles. The Hall–Kier alpha value is -1.22. The summed E-state index contributed by atoms with van der Waals surface area (Å²) in [5.74, 6) is 2.12. The molecule has 3 heteroatoms. The Bertz CT molecular complexity index is 689. The zero-order chi connectivity index (χ0) is 16.1. The number of hydrogen-bond donors (Lipinski definition) is 0.